The SMILES string of the molecule is C=C(SC1(SCC(=O)COC)C(C(=O)OC)=C(C(=O)OC)SC2=C1c1cccc(OC)c1N(C(=O)CN1C(=O)CCC1=O)C2(C)C)C(=O)OC. The van der Waals surface area contributed by atoms with Gasteiger partial charge in [-0.05, 0) is 19.9 Å². The third kappa shape index (κ3) is 6.83. The van der Waals surface area contributed by atoms with Gasteiger partial charge in [-0.15, -0.1) is 11.8 Å². The molecule has 3 aliphatic heterocycles. The van der Waals surface area contributed by atoms with E-state index in [1.165, 1.54) is 19.1 Å². The monoisotopic (exact) mass is 748 g/mol. The Morgan fingerprint density at radius 1 is 0.940 bits per heavy atom. The Morgan fingerprint density at radius 3 is 2.14 bits per heavy atom. The molecule has 50 heavy (non-hydrogen) atoms. The molecule has 3 amide bonds. The quantitative estimate of drug-likeness (QED) is 0.0947. The molecule has 4 rings (SSSR count). The number of Topliss-reactive ketones (excluding diaryl/α,β-unsaturated/α-hetero) is 1. The Balaban J connectivity index is 2.15. The van der Waals surface area contributed by atoms with E-state index in [4.69, 9.17) is 23.7 Å². The second-order valence-corrected chi connectivity index (χ2v) is 15.2. The van der Waals surface area contributed by atoms with Crippen molar-refractivity contribution in [1.82, 2.24) is 4.90 Å². The smallest absolute Gasteiger partial charge is 0.345 e. The highest BCUT2D eigenvalue weighted by Crippen LogP contribution is 2.67. The average Bonchev–Trinajstić information content (AvgIpc) is 3.41. The highest BCUT2D eigenvalue weighted by molar-refractivity contribution is 8.22. The molecule has 0 aromatic heterocycles. The molecule has 1 aromatic rings. The molecule has 0 spiro atoms. The number of carbonyl (C=O) groups excluding carboxylic acids is 7. The third-order valence-corrected chi connectivity index (χ3v) is 12.5. The van der Waals surface area contributed by atoms with Gasteiger partial charge in [0.1, 0.15) is 27.9 Å². The number of hydrogen-bond acceptors (Lipinski definition) is 15. The molecule has 3 aliphatic rings. The molecule has 0 bridgehead atoms. The van der Waals surface area contributed by atoms with Gasteiger partial charge in [0.15, 0.2) is 5.78 Å². The standard InChI is InChI=1S/C33H36N2O12S3/c1-17(29(40)45-6)50-33(48-16-18(36)15-43-4)24-19-10-9-11-20(44-5)26(19)35(23(39)14-34-21(37)12-13-22(34)38)32(2,3)28(24)49-27(31(42)47-8)25(33)30(41)46-7/h9-11H,1,12-16H2,2-8H3. The molecule has 17 heteroatoms. The van der Waals surface area contributed by atoms with E-state index in [1.54, 1.807) is 32.0 Å². The summed E-state index contributed by atoms with van der Waals surface area (Å²) in [6.45, 7) is 6.41. The Morgan fingerprint density at radius 2 is 1.58 bits per heavy atom. The van der Waals surface area contributed by atoms with E-state index in [0.717, 1.165) is 61.5 Å². The molecule has 0 aliphatic carbocycles. The van der Waals surface area contributed by atoms with Crippen LogP contribution in [-0.4, -0.2) is 110 Å². The third-order valence-electron chi connectivity index (χ3n) is 8.02. The first-order valence-corrected chi connectivity index (χ1v) is 17.6. The number of para-hydroxylation sites is 1. The van der Waals surface area contributed by atoms with E-state index in [0.29, 0.717) is 16.0 Å². The maximum Gasteiger partial charge on any atom is 0.345 e. The van der Waals surface area contributed by atoms with Crippen LogP contribution in [0.3, 0.4) is 0 Å². The summed E-state index contributed by atoms with van der Waals surface area (Å²) in [5.41, 5.74) is -0.788. The number of methoxy groups -OCH3 is 5. The number of anilines is 1. The Labute approximate surface area is 301 Å². The largest absolute Gasteiger partial charge is 0.495 e. The maximum atomic E-state index is 14.4. The fourth-order valence-corrected chi connectivity index (χ4v) is 10.5. The first kappa shape index (κ1) is 38.7. The van der Waals surface area contributed by atoms with Gasteiger partial charge in [-0.3, -0.25) is 29.0 Å². The zero-order valence-corrected chi connectivity index (χ0v) is 30.9. The van der Waals surface area contributed by atoms with Gasteiger partial charge < -0.3 is 23.7 Å². The fourth-order valence-electron chi connectivity index (χ4n) is 5.86. The van der Waals surface area contributed by atoms with Crippen molar-refractivity contribution in [3.05, 3.63) is 50.6 Å². The van der Waals surface area contributed by atoms with Crippen LogP contribution in [0, 0.1) is 0 Å². The zero-order chi connectivity index (χ0) is 37.1. The van der Waals surface area contributed by atoms with Crippen molar-refractivity contribution in [2.45, 2.75) is 36.3 Å². The van der Waals surface area contributed by atoms with Crippen molar-refractivity contribution in [3.63, 3.8) is 0 Å². The number of amides is 3. The van der Waals surface area contributed by atoms with Gasteiger partial charge in [-0.1, -0.05) is 42.2 Å². The molecular weight excluding hydrogens is 713 g/mol. The first-order valence-electron chi connectivity index (χ1n) is 14.9. The Kier molecular flexibility index (Phi) is 12.0. The number of fused-ring (bicyclic) bond motifs is 2. The van der Waals surface area contributed by atoms with Gasteiger partial charge in [0, 0.05) is 36.0 Å². The number of carbonyl (C=O) groups is 7. The Bertz CT molecular complexity index is 1730. The number of likely N-dealkylation sites (tertiary alicyclic amines) is 1. The lowest BCUT2D eigenvalue weighted by Gasteiger charge is -2.52. The highest BCUT2D eigenvalue weighted by Gasteiger charge is 2.59. The molecule has 1 aromatic carbocycles. The summed E-state index contributed by atoms with van der Waals surface area (Å²) in [5.74, 6) is -4.82. The normalized spacial score (nSPS) is 19.5. The Hall–Kier alpha value is -4.06. The van der Waals surface area contributed by atoms with E-state index in [1.807, 2.05) is 0 Å². The van der Waals surface area contributed by atoms with Crippen LogP contribution >= 0.6 is 35.3 Å². The number of ether oxygens (including phenoxy) is 5. The number of thioether (sulfide) groups is 3. The second-order valence-electron chi connectivity index (χ2n) is 11.4. The predicted molar refractivity (Wildman–Crippen MR) is 187 cm³/mol. The van der Waals surface area contributed by atoms with Crippen LogP contribution in [-0.2, 0) is 52.5 Å². The predicted octanol–water partition coefficient (Wildman–Crippen LogP) is 3.09. The van der Waals surface area contributed by atoms with E-state index in [2.05, 4.69) is 6.58 Å². The van der Waals surface area contributed by atoms with E-state index in [9.17, 15) is 33.6 Å². The molecule has 0 radical (unpaired) electrons. The van der Waals surface area contributed by atoms with Crippen LogP contribution in [0.4, 0.5) is 5.69 Å². The minimum atomic E-state index is -1.85. The van der Waals surface area contributed by atoms with E-state index in [-0.39, 0.29) is 57.8 Å². The molecule has 0 N–H and O–H groups in total. The molecule has 1 atom stereocenters. The molecule has 268 valence electrons. The minimum Gasteiger partial charge on any atom is -0.495 e. The van der Waals surface area contributed by atoms with Crippen molar-refractivity contribution >= 4 is 88.0 Å². The van der Waals surface area contributed by atoms with Gasteiger partial charge in [-0.25, -0.2) is 14.4 Å². The number of hydrogen-bond donors (Lipinski definition) is 0. The molecule has 1 saturated heterocycles. The van der Waals surface area contributed by atoms with Crippen molar-refractivity contribution < 1.29 is 57.2 Å². The summed E-state index contributed by atoms with van der Waals surface area (Å²) in [6, 6.07) is 4.91. The van der Waals surface area contributed by atoms with Crippen LogP contribution in [0.2, 0.25) is 0 Å². The first-order chi connectivity index (χ1) is 23.6. The highest BCUT2D eigenvalue weighted by atomic mass is 32.2. The average molecular weight is 749 g/mol. The number of benzene rings is 1. The van der Waals surface area contributed by atoms with Crippen LogP contribution in [0.25, 0.3) is 5.57 Å². The summed E-state index contributed by atoms with van der Waals surface area (Å²) >= 11 is 2.54. The summed E-state index contributed by atoms with van der Waals surface area (Å²) in [6.07, 6.45) is -0.0417. The van der Waals surface area contributed by atoms with Crippen molar-refractivity contribution in [3.8, 4) is 5.75 Å². The van der Waals surface area contributed by atoms with Gasteiger partial charge in [0.2, 0.25) is 17.7 Å². The van der Waals surface area contributed by atoms with Crippen molar-refractivity contribution in [2.75, 3.05) is 59.4 Å². The summed E-state index contributed by atoms with van der Waals surface area (Å²) in [4.78, 5) is 95.4. The molecule has 1 unspecified atom stereocenters. The van der Waals surface area contributed by atoms with Crippen molar-refractivity contribution in [1.29, 1.82) is 0 Å². The van der Waals surface area contributed by atoms with Gasteiger partial charge >= 0.3 is 17.9 Å². The lowest BCUT2D eigenvalue weighted by Crippen LogP contribution is -2.56. The number of rotatable bonds is 13. The van der Waals surface area contributed by atoms with Crippen LogP contribution in [0.5, 0.6) is 5.75 Å². The summed E-state index contributed by atoms with van der Waals surface area (Å²) in [7, 11) is 6.13. The maximum absolute atomic E-state index is 14.4. The van der Waals surface area contributed by atoms with Crippen molar-refractivity contribution in [2.24, 2.45) is 0 Å². The lowest BCUT2D eigenvalue weighted by molar-refractivity contribution is -0.142. The fraction of sp³-hybridized carbons (Fsp3) is 0.424. The summed E-state index contributed by atoms with van der Waals surface area (Å²) < 4.78 is 24.3. The molecule has 1 fully saturated rings. The molecule has 0 saturated carbocycles. The van der Waals surface area contributed by atoms with Crippen LogP contribution in [0.15, 0.2) is 45.1 Å². The van der Waals surface area contributed by atoms with Crippen LogP contribution < -0.4 is 9.64 Å². The number of imide groups is 1. The minimum absolute atomic E-state index is 0.0208. The van der Waals surface area contributed by atoms with Gasteiger partial charge in [0.25, 0.3) is 0 Å². The second kappa shape index (κ2) is 15.4. The van der Waals surface area contributed by atoms with Crippen LogP contribution in [0.1, 0.15) is 32.3 Å². The molecule has 3 heterocycles. The van der Waals surface area contributed by atoms with E-state index >= 15 is 0 Å². The van der Waals surface area contributed by atoms with E-state index < -0.39 is 51.8 Å². The number of nitrogens with zero attached hydrogens (tertiary/aromatic N) is 2. The van der Waals surface area contributed by atoms with Gasteiger partial charge in [0.05, 0.1) is 55.9 Å². The molecular formula is C33H36N2O12S3. The zero-order valence-electron chi connectivity index (χ0n) is 28.5. The number of esters is 3. The topological polar surface area (TPSA) is 172 Å². The number of ketones is 1. The molecule has 14 nitrogen and oxygen atoms in total. The van der Waals surface area contributed by atoms with Gasteiger partial charge in [-0.2, -0.15) is 0 Å². The summed E-state index contributed by atoms with van der Waals surface area (Å²) in [5, 5.41) is 0. The lowest BCUT2D eigenvalue weighted by atomic mass is 9.83.